The molecule has 0 spiro atoms. The molecule has 0 aromatic rings. The summed E-state index contributed by atoms with van der Waals surface area (Å²) in [7, 11) is 0. The summed E-state index contributed by atoms with van der Waals surface area (Å²) in [5.74, 6) is -0.313. The maximum absolute atomic E-state index is 11.4. The molecule has 0 bridgehead atoms. The molecule has 3 heteroatoms. The van der Waals surface area contributed by atoms with E-state index in [4.69, 9.17) is 4.74 Å². The summed E-state index contributed by atoms with van der Waals surface area (Å²) in [6, 6.07) is 0. The van der Waals surface area contributed by atoms with Crippen LogP contribution in [0.2, 0.25) is 0 Å². The molecule has 24 heavy (non-hydrogen) atoms. The molecule has 0 aromatic carbocycles. The minimum Gasteiger partial charge on any atom is -0.425 e. The van der Waals surface area contributed by atoms with Crippen molar-refractivity contribution in [3.63, 3.8) is 0 Å². The number of rotatable bonds is 13. The van der Waals surface area contributed by atoms with Crippen LogP contribution in [0.4, 0.5) is 0 Å². The third-order valence-electron chi connectivity index (χ3n) is 4.39. The Hall–Kier alpha value is -1.35. The highest BCUT2D eigenvalue weighted by molar-refractivity contribution is 5.93. The van der Waals surface area contributed by atoms with Gasteiger partial charge >= 0.3 is 5.97 Å². The number of cyclic esters (lactones) is 1. The lowest BCUT2D eigenvalue weighted by Gasteiger charge is -2.00. The molecule has 1 atom stereocenters. The average Bonchev–Trinajstić information content (AvgIpc) is 2.81. The number of hydrogen-bond acceptors (Lipinski definition) is 3. The van der Waals surface area contributed by atoms with E-state index in [1.165, 1.54) is 51.4 Å². The van der Waals surface area contributed by atoms with Gasteiger partial charge in [-0.2, -0.15) is 0 Å². The van der Waals surface area contributed by atoms with E-state index >= 15 is 0 Å². The molecule has 0 saturated carbocycles. The third-order valence-corrected chi connectivity index (χ3v) is 4.39. The van der Waals surface area contributed by atoms with E-state index in [1.54, 1.807) is 6.08 Å². The molecule has 0 aromatic heterocycles. The summed E-state index contributed by atoms with van der Waals surface area (Å²) >= 11 is 0. The Balaban J connectivity index is 1.94. The minimum absolute atomic E-state index is 0.141. The highest BCUT2D eigenvalue weighted by Gasteiger charge is 2.32. The fourth-order valence-corrected chi connectivity index (χ4v) is 2.83. The molecule has 1 saturated heterocycles. The van der Waals surface area contributed by atoms with Crippen LogP contribution in [-0.4, -0.2) is 17.2 Å². The molecule has 1 aliphatic heterocycles. The molecule has 3 nitrogen and oxygen atoms in total. The van der Waals surface area contributed by atoms with Gasteiger partial charge in [0.2, 0.25) is 0 Å². The van der Waals surface area contributed by atoms with Crippen molar-refractivity contribution in [2.75, 3.05) is 0 Å². The molecule has 0 aliphatic carbocycles. The number of carbonyl (C=O) groups is 1. The van der Waals surface area contributed by atoms with Gasteiger partial charge in [0.05, 0.1) is 5.57 Å². The van der Waals surface area contributed by atoms with Gasteiger partial charge in [-0.15, -0.1) is 0 Å². The van der Waals surface area contributed by atoms with Crippen LogP contribution in [0.25, 0.3) is 0 Å². The monoisotopic (exact) mass is 334 g/mol. The zero-order valence-corrected chi connectivity index (χ0v) is 15.3. The Morgan fingerprint density at radius 3 is 2.08 bits per heavy atom. The van der Waals surface area contributed by atoms with Crippen LogP contribution in [0.15, 0.2) is 36.1 Å². The number of allylic oxidation sites excluding steroid dienone is 3. The largest absolute Gasteiger partial charge is 0.425 e. The SMILES string of the molecule is C=C1OC(=O)/C(=C/CCCCC/C=C\CCCCCCCC)[C@H]1O. The van der Waals surface area contributed by atoms with E-state index in [2.05, 4.69) is 25.7 Å². The average molecular weight is 335 g/mol. The van der Waals surface area contributed by atoms with Gasteiger partial charge in [-0.3, -0.25) is 0 Å². The minimum atomic E-state index is -0.942. The van der Waals surface area contributed by atoms with Gasteiger partial charge < -0.3 is 9.84 Å². The quantitative estimate of drug-likeness (QED) is 0.206. The maximum atomic E-state index is 11.4. The van der Waals surface area contributed by atoms with Crippen molar-refractivity contribution >= 4 is 5.97 Å². The Morgan fingerprint density at radius 1 is 0.958 bits per heavy atom. The number of aliphatic hydroxyl groups excluding tert-OH is 1. The second-order valence-corrected chi connectivity index (χ2v) is 6.58. The number of hydrogen-bond donors (Lipinski definition) is 1. The zero-order valence-electron chi connectivity index (χ0n) is 15.3. The van der Waals surface area contributed by atoms with Crippen LogP contribution >= 0.6 is 0 Å². The molecule has 0 unspecified atom stereocenters. The van der Waals surface area contributed by atoms with Crippen LogP contribution in [0.3, 0.4) is 0 Å². The van der Waals surface area contributed by atoms with Crippen molar-refractivity contribution < 1.29 is 14.6 Å². The molecule has 1 aliphatic rings. The number of unbranched alkanes of at least 4 members (excludes halogenated alkanes) is 10. The van der Waals surface area contributed by atoms with Crippen LogP contribution in [-0.2, 0) is 9.53 Å². The molecular weight excluding hydrogens is 300 g/mol. The second-order valence-electron chi connectivity index (χ2n) is 6.58. The lowest BCUT2D eigenvalue weighted by Crippen LogP contribution is -2.07. The molecule has 1 rings (SSSR count). The molecule has 136 valence electrons. The number of carbonyl (C=O) groups excluding carboxylic acids is 1. The number of ether oxygens (including phenoxy) is 1. The van der Waals surface area contributed by atoms with Crippen molar-refractivity contribution in [3.8, 4) is 0 Å². The lowest BCUT2D eigenvalue weighted by molar-refractivity contribution is -0.132. The highest BCUT2D eigenvalue weighted by Crippen LogP contribution is 2.23. The van der Waals surface area contributed by atoms with Gasteiger partial charge in [-0.25, -0.2) is 4.79 Å². The molecule has 1 N–H and O–H groups in total. The Morgan fingerprint density at radius 2 is 1.50 bits per heavy atom. The Labute approximate surface area is 147 Å². The van der Waals surface area contributed by atoms with E-state index in [1.807, 2.05) is 0 Å². The summed E-state index contributed by atoms with van der Waals surface area (Å²) in [5, 5.41) is 9.71. The van der Waals surface area contributed by atoms with Gasteiger partial charge in [0.15, 0.2) is 0 Å². The van der Waals surface area contributed by atoms with Crippen molar-refractivity contribution in [2.45, 2.75) is 90.1 Å². The van der Waals surface area contributed by atoms with Crippen LogP contribution in [0.5, 0.6) is 0 Å². The fourth-order valence-electron chi connectivity index (χ4n) is 2.83. The summed E-state index contributed by atoms with van der Waals surface area (Å²) < 4.78 is 4.79. The molecule has 0 radical (unpaired) electrons. The fraction of sp³-hybridized carbons (Fsp3) is 0.667. The molecule has 0 amide bonds. The highest BCUT2D eigenvalue weighted by atomic mass is 16.6. The number of aliphatic hydroxyl groups is 1. The first-order valence-electron chi connectivity index (χ1n) is 9.61. The van der Waals surface area contributed by atoms with E-state index in [0.717, 1.165) is 25.7 Å². The molecule has 1 fully saturated rings. The predicted molar refractivity (Wildman–Crippen MR) is 99.5 cm³/mol. The van der Waals surface area contributed by atoms with Crippen molar-refractivity contribution in [1.82, 2.24) is 0 Å². The second kappa shape index (κ2) is 13.0. The van der Waals surface area contributed by atoms with Gasteiger partial charge in [-0.1, -0.05) is 70.3 Å². The summed E-state index contributed by atoms with van der Waals surface area (Å²) in [6.07, 6.45) is 20.1. The zero-order chi connectivity index (χ0) is 17.6. The van der Waals surface area contributed by atoms with Gasteiger partial charge in [0, 0.05) is 0 Å². The number of esters is 1. The topological polar surface area (TPSA) is 46.5 Å². The van der Waals surface area contributed by atoms with Crippen LogP contribution in [0.1, 0.15) is 84.0 Å². The lowest BCUT2D eigenvalue weighted by atomic mass is 10.1. The molecule has 1 heterocycles. The third kappa shape index (κ3) is 8.49. The Bertz CT molecular complexity index is 434. The molecular formula is C21H34O3. The maximum Gasteiger partial charge on any atom is 0.341 e. The van der Waals surface area contributed by atoms with Crippen molar-refractivity contribution in [2.24, 2.45) is 0 Å². The van der Waals surface area contributed by atoms with Gasteiger partial charge in [0.1, 0.15) is 11.9 Å². The first kappa shape index (κ1) is 20.7. The van der Waals surface area contributed by atoms with Crippen LogP contribution in [0, 0.1) is 0 Å². The van der Waals surface area contributed by atoms with Crippen LogP contribution < -0.4 is 0 Å². The van der Waals surface area contributed by atoms with E-state index in [0.29, 0.717) is 5.57 Å². The Kier molecular flexibility index (Phi) is 11.2. The standard InChI is InChI=1S/C21H34O3/c1-3-4-5-6-7-8-9-10-11-12-13-14-15-16-17-19-20(22)18(2)24-21(19)23/h10-11,17,20,22H,2-9,12-16H2,1H3/b11-10-,19-17+/t20-/m0/s1. The smallest absolute Gasteiger partial charge is 0.341 e. The van der Waals surface area contributed by atoms with Gasteiger partial charge in [0.25, 0.3) is 0 Å². The summed E-state index contributed by atoms with van der Waals surface area (Å²) in [4.78, 5) is 11.4. The summed E-state index contributed by atoms with van der Waals surface area (Å²) in [6.45, 7) is 5.76. The first-order valence-corrected chi connectivity index (χ1v) is 9.61. The van der Waals surface area contributed by atoms with E-state index in [9.17, 15) is 9.90 Å². The first-order chi connectivity index (χ1) is 11.7. The van der Waals surface area contributed by atoms with Crippen molar-refractivity contribution in [3.05, 3.63) is 36.1 Å². The summed E-state index contributed by atoms with van der Waals surface area (Å²) in [5.41, 5.74) is 0.346. The predicted octanol–water partition coefficient (Wildman–Crippen LogP) is 5.60. The normalized spacial score (nSPS) is 19.6. The van der Waals surface area contributed by atoms with Crippen molar-refractivity contribution in [1.29, 1.82) is 0 Å². The van der Waals surface area contributed by atoms with Gasteiger partial charge in [-0.05, 0) is 38.5 Å². The van der Waals surface area contributed by atoms with E-state index < -0.39 is 12.1 Å². The van der Waals surface area contributed by atoms with E-state index in [-0.39, 0.29) is 5.76 Å².